The third kappa shape index (κ3) is 2.72. The van der Waals surface area contributed by atoms with Gasteiger partial charge in [0.1, 0.15) is 6.04 Å². The SMILES string of the molecule is Cc1ccc(C(N)C(=O)N2CCC(C)(C)C2)cc1. The van der Waals surface area contributed by atoms with Gasteiger partial charge in [0.15, 0.2) is 0 Å². The summed E-state index contributed by atoms with van der Waals surface area (Å²) in [6.45, 7) is 8.05. The molecule has 1 unspecified atom stereocenters. The quantitative estimate of drug-likeness (QED) is 0.870. The van der Waals surface area contributed by atoms with Crippen LogP contribution in [0.4, 0.5) is 0 Å². The van der Waals surface area contributed by atoms with E-state index in [2.05, 4.69) is 13.8 Å². The summed E-state index contributed by atoms with van der Waals surface area (Å²) in [4.78, 5) is 14.2. The van der Waals surface area contributed by atoms with Crippen LogP contribution in [-0.4, -0.2) is 23.9 Å². The van der Waals surface area contributed by atoms with Gasteiger partial charge < -0.3 is 10.6 Å². The minimum absolute atomic E-state index is 0.0458. The molecule has 18 heavy (non-hydrogen) atoms. The average molecular weight is 246 g/mol. The van der Waals surface area contributed by atoms with Crippen LogP contribution in [0.5, 0.6) is 0 Å². The number of nitrogens with two attached hydrogens (primary N) is 1. The molecule has 98 valence electrons. The molecule has 1 atom stereocenters. The van der Waals surface area contributed by atoms with Crippen molar-refractivity contribution in [3.63, 3.8) is 0 Å². The third-order valence-electron chi connectivity index (χ3n) is 3.69. The van der Waals surface area contributed by atoms with Crippen LogP contribution in [0, 0.1) is 12.3 Å². The van der Waals surface area contributed by atoms with Gasteiger partial charge >= 0.3 is 0 Å². The first kappa shape index (κ1) is 13.1. The Bertz CT molecular complexity index is 436. The summed E-state index contributed by atoms with van der Waals surface area (Å²) in [5.74, 6) is 0.0458. The minimum Gasteiger partial charge on any atom is -0.340 e. The van der Waals surface area contributed by atoms with Crippen molar-refractivity contribution in [1.29, 1.82) is 0 Å². The topological polar surface area (TPSA) is 46.3 Å². The molecule has 2 N–H and O–H groups in total. The predicted molar refractivity (Wildman–Crippen MR) is 73.1 cm³/mol. The largest absolute Gasteiger partial charge is 0.340 e. The standard InChI is InChI=1S/C15H22N2O/c1-11-4-6-12(7-5-11)13(16)14(18)17-9-8-15(2,3)10-17/h4-7,13H,8-10,16H2,1-3H3. The molecule has 0 aromatic heterocycles. The maximum Gasteiger partial charge on any atom is 0.244 e. The number of carbonyl (C=O) groups excluding carboxylic acids is 1. The molecule has 1 amide bonds. The molecule has 1 aromatic carbocycles. The minimum atomic E-state index is -0.528. The van der Waals surface area contributed by atoms with Crippen LogP contribution in [0.1, 0.15) is 37.4 Å². The van der Waals surface area contributed by atoms with Gasteiger partial charge in [0, 0.05) is 13.1 Å². The first-order chi connectivity index (χ1) is 8.39. The molecule has 3 nitrogen and oxygen atoms in total. The van der Waals surface area contributed by atoms with E-state index in [9.17, 15) is 4.79 Å². The van der Waals surface area contributed by atoms with Gasteiger partial charge in [0.25, 0.3) is 0 Å². The second-order valence-corrected chi connectivity index (χ2v) is 6.06. The molecule has 1 saturated heterocycles. The van der Waals surface area contributed by atoms with Crippen LogP contribution in [-0.2, 0) is 4.79 Å². The molecule has 1 aromatic rings. The fourth-order valence-corrected chi connectivity index (χ4v) is 2.41. The molecule has 0 spiro atoms. The van der Waals surface area contributed by atoms with Gasteiger partial charge in [-0.25, -0.2) is 0 Å². The summed E-state index contributed by atoms with van der Waals surface area (Å²) in [6.07, 6.45) is 1.05. The van der Waals surface area contributed by atoms with Crippen molar-refractivity contribution in [3.8, 4) is 0 Å². The number of hydrogen-bond donors (Lipinski definition) is 1. The van der Waals surface area contributed by atoms with Crippen molar-refractivity contribution in [2.45, 2.75) is 33.2 Å². The summed E-state index contributed by atoms with van der Waals surface area (Å²) in [7, 11) is 0. The lowest BCUT2D eigenvalue weighted by Crippen LogP contribution is -2.37. The number of likely N-dealkylation sites (tertiary alicyclic amines) is 1. The van der Waals surface area contributed by atoms with E-state index >= 15 is 0 Å². The van der Waals surface area contributed by atoms with Crippen LogP contribution < -0.4 is 5.73 Å². The summed E-state index contributed by atoms with van der Waals surface area (Å²) in [5, 5.41) is 0. The normalized spacial score (nSPS) is 19.9. The molecule has 1 aliphatic rings. The molecule has 0 saturated carbocycles. The average Bonchev–Trinajstić information content (AvgIpc) is 2.69. The highest BCUT2D eigenvalue weighted by atomic mass is 16.2. The van der Waals surface area contributed by atoms with Gasteiger partial charge in [-0.3, -0.25) is 4.79 Å². The Balaban J connectivity index is 2.07. The first-order valence-electron chi connectivity index (χ1n) is 6.50. The smallest absolute Gasteiger partial charge is 0.244 e. The van der Waals surface area contributed by atoms with Gasteiger partial charge in [-0.2, -0.15) is 0 Å². The molecule has 0 radical (unpaired) electrons. The number of aryl methyl sites for hydroxylation is 1. The Morgan fingerprint density at radius 1 is 1.33 bits per heavy atom. The van der Waals surface area contributed by atoms with E-state index in [1.807, 2.05) is 36.1 Å². The number of hydrogen-bond acceptors (Lipinski definition) is 2. The molecule has 1 aliphatic heterocycles. The fraction of sp³-hybridized carbons (Fsp3) is 0.533. The Morgan fingerprint density at radius 2 is 1.94 bits per heavy atom. The third-order valence-corrected chi connectivity index (χ3v) is 3.69. The van der Waals surface area contributed by atoms with E-state index in [1.54, 1.807) is 0 Å². The monoisotopic (exact) mass is 246 g/mol. The highest BCUT2D eigenvalue weighted by Gasteiger charge is 2.34. The maximum absolute atomic E-state index is 12.3. The highest BCUT2D eigenvalue weighted by molar-refractivity contribution is 5.83. The zero-order chi connectivity index (χ0) is 13.3. The Labute approximate surface area is 109 Å². The molecular weight excluding hydrogens is 224 g/mol. The number of amides is 1. The van der Waals surface area contributed by atoms with Crippen LogP contribution >= 0.6 is 0 Å². The van der Waals surface area contributed by atoms with Crippen molar-refractivity contribution in [2.24, 2.45) is 11.1 Å². The number of benzene rings is 1. The Kier molecular flexibility index (Phi) is 3.44. The maximum atomic E-state index is 12.3. The van der Waals surface area contributed by atoms with Gasteiger partial charge in [0.2, 0.25) is 5.91 Å². The summed E-state index contributed by atoms with van der Waals surface area (Å²) < 4.78 is 0. The van der Waals surface area contributed by atoms with Crippen molar-refractivity contribution in [3.05, 3.63) is 35.4 Å². The lowest BCUT2D eigenvalue weighted by Gasteiger charge is -2.23. The van der Waals surface area contributed by atoms with Gasteiger partial charge in [-0.15, -0.1) is 0 Å². The highest BCUT2D eigenvalue weighted by Crippen LogP contribution is 2.30. The Morgan fingerprint density at radius 3 is 2.44 bits per heavy atom. The van der Waals surface area contributed by atoms with E-state index in [0.717, 1.165) is 25.1 Å². The predicted octanol–water partition coefficient (Wildman–Crippen LogP) is 2.25. The van der Waals surface area contributed by atoms with Crippen LogP contribution in [0.15, 0.2) is 24.3 Å². The van der Waals surface area contributed by atoms with E-state index in [1.165, 1.54) is 5.56 Å². The molecule has 1 heterocycles. The second-order valence-electron chi connectivity index (χ2n) is 6.06. The molecule has 0 aliphatic carbocycles. The second kappa shape index (κ2) is 4.73. The van der Waals surface area contributed by atoms with Gasteiger partial charge in [0.05, 0.1) is 0 Å². The Hall–Kier alpha value is -1.35. The number of rotatable bonds is 2. The van der Waals surface area contributed by atoms with Crippen molar-refractivity contribution >= 4 is 5.91 Å². The number of nitrogens with zero attached hydrogens (tertiary/aromatic N) is 1. The van der Waals surface area contributed by atoms with Gasteiger partial charge in [-0.1, -0.05) is 43.7 Å². The molecule has 0 bridgehead atoms. The molecule has 3 heteroatoms. The van der Waals surface area contributed by atoms with Crippen LogP contribution in [0.2, 0.25) is 0 Å². The van der Waals surface area contributed by atoms with Crippen molar-refractivity contribution < 1.29 is 4.79 Å². The van der Waals surface area contributed by atoms with E-state index in [-0.39, 0.29) is 11.3 Å². The van der Waals surface area contributed by atoms with E-state index < -0.39 is 6.04 Å². The zero-order valence-electron chi connectivity index (χ0n) is 11.4. The zero-order valence-corrected chi connectivity index (χ0v) is 11.4. The van der Waals surface area contributed by atoms with E-state index in [4.69, 9.17) is 5.73 Å². The lowest BCUT2D eigenvalue weighted by molar-refractivity contribution is -0.132. The summed E-state index contributed by atoms with van der Waals surface area (Å²) >= 11 is 0. The number of carbonyl (C=O) groups is 1. The molecule has 1 fully saturated rings. The fourth-order valence-electron chi connectivity index (χ4n) is 2.41. The molecule has 2 rings (SSSR count). The van der Waals surface area contributed by atoms with Crippen LogP contribution in [0.25, 0.3) is 0 Å². The first-order valence-corrected chi connectivity index (χ1v) is 6.50. The van der Waals surface area contributed by atoms with Crippen LogP contribution in [0.3, 0.4) is 0 Å². The molecular formula is C15H22N2O. The van der Waals surface area contributed by atoms with Crippen molar-refractivity contribution in [2.75, 3.05) is 13.1 Å². The van der Waals surface area contributed by atoms with E-state index in [0.29, 0.717) is 0 Å². The summed E-state index contributed by atoms with van der Waals surface area (Å²) in [6, 6.07) is 7.35. The lowest BCUT2D eigenvalue weighted by atomic mass is 9.93. The van der Waals surface area contributed by atoms with Gasteiger partial charge in [-0.05, 0) is 24.3 Å². The van der Waals surface area contributed by atoms with Crippen molar-refractivity contribution in [1.82, 2.24) is 4.90 Å². The summed E-state index contributed by atoms with van der Waals surface area (Å²) in [5.41, 5.74) is 8.37.